The largest absolute Gasteiger partial charge is 0.497 e. The molecule has 0 fully saturated rings. The van der Waals surface area contributed by atoms with Gasteiger partial charge >= 0.3 is 0 Å². The van der Waals surface area contributed by atoms with Gasteiger partial charge in [0.25, 0.3) is 0 Å². The van der Waals surface area contributed by atoms with E-state index in [-0.39, 0.29) is 0 Å². The first-order chi connectivity index (χ1) is 7.33. The maximum absolute atomic E-state index is 5.18. The van der Waals surface area contributed by atoms with Gasteiger partial charge in [0.05, 0.1) is 19.9 Å². The van der Waals surface area contributed by atoms with E-state index < -0.39 is 0 Å². The Morgan fingerprint density at radius 1 is 1.07 bits per heavy atom. The number of ether oxygens (including phenoxy) is 2. The van der Waals surface area contributed by atoms with Crippen LogP contribution in [0.2, 0.25) is 0 Å². The van der Waals surface area contributed by atoms with Crippen LogP contribution in [0.25, 0.3) is 11.3 Å². The zero-order chi connectivity index (χ0) is 10.7. The maximum Gasteiger partial charge on any atom is 0.123 e. The number of H-pyrrole nitrogens is 1. The second-order valence-electron chi connectivity index (χ2n) is 3.07. The standard InChI is InChI=1S/C11H12N2O2/c1-14-9-5-8(6-10(7-9)15-2)11-3-4-12-13-11/h3-7H,1-2H3,(H,12,13). The molecule has 0 atom stereocenters. The third kappa shape index (κ3) is 1.93. The highest BCUT2D eigenvalue weighted by atomic mass is 16.5. The molecule has 1 aromatic heterocycles. The molecule has 0 radical (unpaired) electrons. The van der Waals surface area contributed by atoms with E-state index in [1.165, 1.54) is 0 Å². The Bertz CT molecular complexity index is 416. The molecule has 15 heavy (non-hydrogen) atoms. The zero-order valence-electron chi connectivity index (χ0n) is 8.65. The van der Waals surface area contributed by atoms with E-state index in [4.69, 9.17) is 9.47 Å². The molecule has 2 rings (SSSR count). The third-order valence-electron chi connectivity index (χ3n) is 2.16. The van der Waals surface area contributed by atoms with Gasteiger partial charge < -0.3 is 9.47 Å². The topological polar surface area (TPSA) is 47.1 Å². The second-order valence-corrected chi connectivity index (χ2v) is 3.07. The van der Waals surface area contributed by atoms with Crippen LogP contribution in [0.4, 0.5) is 0 Å². The molecule has 4 nitrogen and oxygen atoms in total. The minimum absolute atomic E-state index is 0.763. The van der Waals surface area contributed by atoms with Gasteiger partial charge in [0.2, 0.25) is 0 Å². The molecule has 0 saturated heterocycles. The molecule has 1 aromatic carbocycles. The van der Waals surface area contributed by atoms with Gasteiger partial charge in [-0.1, -0.05) is 0 Å². The molecular formula is C11H12N2O2. The summed E-state index contributed by atoms with van der Waals surface area (Å²) in [4.78, 5) is 0. The summed E-state index contributed by atoms with van der Waals surface area (Å²) in [5.74, 6) is 1.53. The van der Waals surface area contributed by atoms with Crippen LogP contribution in [0.1, 0.15) is 0 Å². The average molecular weight is 204 g/mol. The molecular weight excluding hydrogens is 192 g/mol. The number of benzene rings is 1. The summed E-state index contributed by atoms with van der Waals surface area (Å²) in [6.45, 7) is 0. The van der Waals surface area contributed by atoms with Crippen LogP contribution < -0.4 is 9.47 Å². The average Bonchev–Trinajstić information content (AvgIpc) is 2.81. The van der Waals surface area contributed by atoms with Crippen LogP contribution in [-0.4, -0.2) is 24.4 Å². The van der Waals surface area contributed by atoms with Crippen molar-refractivity contribution in [3.63, 3.8) is 0 Å². The Morgan fingerprint density at radius 3 is 2.20 bits per heavy atom. The van der Waals surface area contributed by atoms with Crippen LogP contribution in [0, 0.1) is 0 Å². The Hall–Kier alpha value is -1.97. The first-order valence-corrected chi connectivity index (χ1v) is 4.56. The maximum atomic E-state index is 5.18. The summed E-state index contributed by atoms with van der Waals surface area (Å²) in [7, 11) is 3.26. The molecule has 2 aromatic rings. The van der Waals surface area contributed by atoms with Gasteiger partial charge in [-0.15, -0.1) is 0 Å². The number of aromatic amines is 1. The molecule has 0 spiro atoms. The lowest BCUT2D eigenvalue weighted by Gasteiger charge is -2.06. The third-order valence-corrected chi connectivity index (χ3v) is 2.16. The van der Waals surface area contributed by atoms with Crippen molar-refractivity contribution in [1.29, 1.82) is 0 Å². The van der Waals surface area contributed by atoms with Crippen LogP contribution in [0.15, 0.2) is 30.5 Å². The Morgan fingerprint density at radius 2 is 1.73 bits per heavy atom. The summed E-state index contributed by atoms with van der Waals surface area (Å²) in [6.07, 6.45) is 1.71. The van der Waals surface area contributed by atoms with Crippen LogP contribution >= 0.6 is 0 Å². The molecule has 4 heteroatoms. The molecule has 78 valence electrons. The highest BCUT2D eigenvalue weighted by Gasteiger charge is 2.04. The van der Waals surface area contributed by atoms with E-state index in [0.29, 0.717) is 0 Å². The van der Waals surface area contributed by atoms with Crippen molar-refractivity contribution in [2.24, 2.45) is 0 Å². The van der Waals surface area contributed by atoms with Crippen molar-refractivity contribution in [2.75, 3.05) is 14.2 Å². The number of aromatic nitrogens is 2. The van der Waals surface area contributed by atoms with E-state index in [1.807, 2.05) is 24.3 Å². The Kier molecular flexibility index (Phi) is 2.58. The summed E-state index contributed by atoms with van der Waals surface area (Å²) in [6, 6.07) is 7.58. The molecule has 0 bridgehead atoms. The van der Waals surface area contributed by atoms with Gasteiger partial charge in [0.1, 0.15) is 11.5 Å². The summed E-state index contributed by atoms with van der Waals surface area (Å²) >= 11 is 0. The number of methoxy groups -OCH3 is 2. The molecule has 0 aliphatic heterocycles. The molecule has 0 saturated carbocycles. The summed E-state index contributed by atoms with van der Waals surface area (Å²) < 4.78 is 10.4. The fourth-order valence-corrected chi connectivity index (χ4v) is 1.38. The van der Waals surface area contributed by atoms with Crippen molar-refractivity contribution in [2.45, 2.75) is 0 Å². The lowest BCUT2D eigenvalue weighted by molar-refractivity contribution is 0.394. The highest BCUT2D eigenvalue weighted by molar-refractivity contribution is 5.63. The van der Waals surface area contributed by atoms with Crippen LogP contribution in [-0.2, 0) is 0 Å². The SMILES string of the molecule is COc1cc(OC)cc(-c2ccn[nH]2)c1. The number of hydrogen-bond donors (Lipinski definition) is 1. The van der Waals surface area contributed by atoms with Crippen molar-refractivity contribution in [1.82, 2.24) is 10.2 Å². The minimum atomic E-state index is 0.763. The predicted molar refractivity (Wildman–Crippen MR) is 57.1 cm³/mol. The van der Waals surface area contributed by atoms with Crippen molar-refractivity contribution < 1.29 is 9.47 Å². The second kappa shape index (κ2) is 4.04. The van der Waals surface area contributed by atoms with Gasteiger partial charge in [-0.3, -0.25) is 5.10 Å². The highest BCUT2D eigenvalue weighted by Crippen LogP contribution is 2.28. The van der Waals surface area contributed by atoms with Gasteiger partial charge in [-0.25, -0.2) is 0 Å². The first-order valence-electron chi connectivity index (χ1n) is 4.56. The monoisotopic (exact) mass is 204 g/mol. The summed E-state index contributed by atoms with van der Waals surface area (Å²) in [5.41, 5.74) is 1.93. The molecule has 1 N–H and O–H groups in total. The van der Waals surface area contributed by atoms with Crippen LogP contribution in [0.3, 0.4) is 0 Å². The summed E-state index contributed by atoms with van der Waals surface area (Å²) in [5, 5.41) is 6.80. The van der Waals surface area contributed by atoms with Gasteiger partial charge in [0.15, 0.2) is 0 Å². The van der Waals surface area contributed by atoms with Gasteiger partial charge in [-0.2, -0.15) is 5.10 Å². The van der Waals surface area contributed by atoms with Crippen molar-refractivity contribution in [3.05, 3.63) is 30.5 Å². The van der Waals surface area contributed by atoms with E-state index in [0.717, 1.165) is 22.8 Å². The first kappa shape index (κ1) is 9.58. The number of nitrogens with one attached hydrogen (secondary N) is 1. The molecule has 0 aliphatic rings. The van der Waals surface area contributed by atoms with E-state index in [9.17, 15) is 0 Å². The minimum Gasteiger partial charge on any atom is -0.497 e. The van der Waals surface area contributed by atoms with Crippen molar-refractivity contribution in [3.8, 4) is 22.8 Å². The smallest absolute Gasteiger partial charge is 0.123 e. The number of rotatable bonds is 3. The Balaban J connectivity index is 2.47. The van der Waals surface area contributed by atoms with E-state index in [2.05, 4.69) is 10.2 Å². The van der Waals surface area contributed by atoms with Crippen molar-refractivity contribution >= 4 is 0 Å². The zero-order valence-corrected chi connectivity index (χ0v) is 8.65. The van der Waals surface area contributed by atoms with E-state index >= 15 is 0 Å². The molecule has 0 aliphatic carbocycles. The molecule has 0 amide bonds. The normalized spacial score (nSPS) is 10.0. The fourth-order valence-electron chi connectivity index (χ4n) is 1.38. The van der Waals surface area contributed by atoms with Gasteiger partial charge in [-0.05, 0) is 18.2 Å². The number of hydrogen-bond acceptors (Lipinski definition) is 3. The van der Waals surface area contributed by atoms with Crippen LogP contribution in [0.5, 0.6) is 11.5 Å². The van der Waals surface area contributed by atoms with E-state index in [1.54, 1.807) is 20.4 Å². The quantitative estimate of drug-likeness (QED) is 0.832. The lowest BCUT2D eigenvalue weighted by Crippen LogP contribution is -1.88. The lowest BCUT2D eigenvalue weighted by atomic mass is 10.1. The fraction of sp³-hybridized carbons (Fsp3) is 0.182. The Labute approximate surface area is 87.8 Å². The van der Waals surface area contributed by atoms with Gasteiger partial charge in [0, 0.05) is 17.8 Å². The molecule has 0 unspecified atom stereocenters. The number of nitrogens with zero attached hydrogens (tertiary/aromatic N) is 1. The predicted octanol–water partition coefficient (Wildman–Crippen LogP) is 2.09. The molecule has 1 heterocycles.